The quantitative estimate of drug-likeness (QED) is 0.463. The molecule has 0 amide bonds. The van der Waals surface area contributed by atoms with Crippen molar-refractivity contribution in [1.82, 2.24) is 15.0 Å². The monoisotopic (exact) mass is 209 g/mol. The molecule has 1 N–H and O–H groups in total. The van der Waals surface area contributed by atoms with E-state index in [1.807, 2.05) is 12.6 Å². The molecule has 0 aliphatic rings. The number of hydrogen-bond donors (Lipinski definition) is 1. The topological polar surface area (TPSA) is 45.5 Å². The minimum Gasteiger partial charge on any atom is -0.272 e. The highest BCUT2D eigenvalue weighted by atomic mass is 32.2. The molecule has 2 aromatic heterocycles. The van der Waals surface area contributed by atoms with Gasteiger partial charge in [-0.1, -0.05) is 4.98 Å². The third kappa shape index (κ3) is 1.37. The number of hydrogen-bond acceptors (Lipinski definition) is 3. The molecule has 2 aromatic rings. The average Bonchev–Trinajstić information content (AvgIpc) is 2.60. The standard InChI is InChI=1S/C9H12N4S/c1-6(2)13-5-12-7-8(13)10-4-11-9(7)14-3/h4-6H,1-3H3/p+1. The fourth-order valence-corrected chi connectivity index (χ4v) is 1.93. The first-order chi connectivity index (χ1) is 6.74. The summed E-state index contributed by atoms with van der Waals surface area (Å²) >= 11 is 1.63. The Kier molecular flexibility index (Phi) is 2.41. The first kappa shape index (κ1) is 9.45. The minimum atomic E-state index is 0.411. The van der Waals surface area contributed by atoms with Gasteiger partial charge in [0.1, 0.15) is 5.03 Å². The van der Waals surface area contributed by atoms with Crippen molar-refractivity contribution in [1.29, 1.82) is 0 Å². The predicted molar refractivity (Wildman–Crippen MR) is 56.2 cm³/mol. The van der Waals surface area contributed by atoms with E-state index in [1.165, 1.54) is 0 Å². The van der Waals surface area contributed by atoms with Crippen LogP contribution in [0.2, 0.25) is 0 Å². The number of thioether (sulfide) groups is 1. The first-order valence-corrected chi connectivity index (χ1v) is 5.73. The molecule has 14 heavy (non-hydrogen) atoms. The van der Waals surface area contributed by atoms with Crippen LogP contribution in [0, 0.1) is 0 Å². The lowest BCUT2D eigenvalue weighted by molar-refractivity contribution is -0.693. The molecular weight excluding hydrogens is 196 g/mol. The van der Waals surface area contributed by atoms with E-state index in [9.17, 15) is 0 Å². The van der Waals surface area contributed by atoms with Crippen LogP contribution in [-0.2, 0) is 0 Å². The Labute approximate surface area is 86.8 Å². The summed E-state index contributed by atoms with van der Waals surface area (Å²) in [5.41, 5.74) is 1.99. The van der Waals surface area contributed by atoms with Gasteiger partial charge < -0.3 is 0 Å². The zero-order chi connectivity index (χ0) is 10.1. The van der Waals surface area contributed by atoms with E-state index >= 15 is 0 Å². The van der Waals surface area contributed by atoms with Gasteiger partial charge in [0.05, 0.1) is 6.04 Å². The van der Waals surface area contributed by atoms with Crippen LogP contribution in [-0.4, -0.2) is 21.2 Å². The molecule has 0 atom stereocenters. The average molecular weight is 209 g/mol. The van der Waals surface area contributed by atoms with Gasteiger partial charge in [-0.3, -0.25) is 4.98 Å². The van der Waals surface area contributed by atoms with Crippen LogP contribution in [0.5, 0.6) is 0 Å². The zero-order valence-corrected chi connectivity index (χ0v) is 9.30. The highest BCUT2D eigenvalue weighted by molar-refractivity contribution is 7.98. The third-order valence-electron chi connectivity index (χ3n) is 2.13. The number of nitrogens with one attached hydrogen (secondary N) is 1. The smallest absolute Gasteiger partial charge is 0.272 e. The van der Waals surface area contributed by atoms with Gasteiger partial charge in [-0.15, -0.1) is 11.8 Å². The van der Waals surface area contributed by atoms with Gasteiger partial charge in [0.25, 0.3) is 0 Å². The van der Waals surface area contributed by atoms with Crippen molar-refractivity contribution in [2.75, 3.05) is 6.26 Å². The molecule has 5 heteroatoms. The SMILES string of the molecule is CSc1ncnc2c1[nH]c[n+]2C(C)C. The van der Waals surface area contributed by atoms with E-state index in [0.29, 0.717) is 6.04 Å². The van der Waals surface area contributed by atoms with E-state index in [0.717, 1.165) is 16.2 Å². The highest BCUT2D eigenvalue weighted by Gasteiger charge is 2.16. The van der Waals surface area contributed by atoms with Crippen molar-refractivity contribution >= 4 is 22.9 Å². The molecule has 0 spiro atoms. The lowest BCUT2D eigenvalue weighted by Crippen LogP contribution is -2.34. The summed E-state index contributed by atoms with van der Waals surface area (Å²) in [7, 11) is 0. The molecule has 2 heterocycles. The lowest BCUT2D eigenvalue weighted by Gasteiger charge is -1.99. The molecule has 0 radical (unpaired) electrons. The molecule has 0 saturated heterocycles. The second-order valence-electron chi connectivity index (χ2n) is 3.36. The number of fused-ring (bicyclic) bond motifs is 1. The Balaban J connectivity index is 2.69. The summed E-state index contributed by atoms with van der Waals surface area (Å²) in [6.07, 6.45) is 5.58. The molecule has 74 valence electrons. The summed E-state index contributed by atoms with van der Waals surface area (Å²) in [6, 6.07) is 0.411. The normalized spacial score (nSPS) is 11.4. The summed E-state index contributed by atoms with van der Waals surface area (Å²) in [5.74, 6) is 0. The van der Waals surface area contributed by atoms with Gasteiger partial charge in [-0.05, 0) is 20.1 Å². The van der Waals surface area contributed by atoms with Crippen molar-refractivity contribution in [3.8, 4) is 0 Å². The molecule has 0 aliphatic heterocycles. The number of nitrogens with zero attached hydrogens (tertiary/aromatic N) is 3. The van der Waals surface area contributed by atoms with Crippen LogP contribution >= 0.6 is 11.8 Å². The largest absolute Gasteiger partial charge is 0.306 e. The third-order valence-corrected chi connectivity index (χ3v) is 2.83. The van der Waals surface area contributed by atoms with E-state index in [-0.39, 0.29) is 0 Å². The maximum atomic E-state index is 4.28. The van der Waals surface area contributed by atoms with Crippen molar-refractivity contribution < 1.29 is 4.57 Å². The van der Waals surface area contributed by atoms with Crippen molar-refractivity contribution in [3.63, 3.8) is 0 Å². The van der Waals surface area contributed by atoms with Gasteiger partial charge in [0.2, 0.25) is 5.52 Å². The Bertz CT molecular complexity index is 449. The summed E-state index contributed by atoms with van der Waals surface area (Å²) in [4.78, 5) is 11.7. The Morgan fingerprint density at radius 2 is 2.21 bits per heavy atom. The number of imidazole rings is 1. The summed E-state index contributed by atoms with van der Waals surface area (Å²) < 4.78 is 2.11. The van der Waals surface area contributed by atoms with Crippen LogP contribution in [0.4, 0.5) is 0 Å². The second-order valence-corrected chi connectivity index (χ2v) is 4.15. The van der Waals surface area contributed by atoms with Crippen LogP contribution in [0.1, 0.15) is 19.9 Å². The molecule has 2 rings (SSSR count). The number of H-pyrrole nitrogens is 1. The second kappa shape index (κ2) is 3.57. The fourth-order valence-electron chi connectivity index (χ4n) is 1.43. The zero-order valence-electron chi connectivity index (χ0n) is 8.48. The van der Waals surface area contributed by atoms with Crippen molar-refractivity contribution in [2.45, 2.75) is 24.9 Å². The molecule has 4 nitrogen and oxygen atoms in total. The van der Waals surface area contributed by atoms with E-state index < -0.39 is 0 Å². The maximum absolute atomic E-state index is 4.28. The Hall–Kier alpha value is -1.10. The highest BCUT2D eigenvalue weighted by Crippen LogP contribution is 2.18. The molecule has 0 bridgehead atoms. The van der Waals surface area contributed by atoms with E-state index in [1.54, 1.807) is 18.1 Å². The fraction of sp³-hybridized carbons (Fsp3) is 0.444. The maximum Gasteiger partial charge on any atom is 0.306 e. The molecule has 0 unspecified atom stereocenters. The molecule has 0 fully saturated rings. The number of aromatic amines is 1. The van der Waals surface area contributed by atoms with Crippen molar-refractivity contribution in [3.05, 3.63) is 12.7 Å². The van der Waals surface area contributed by atoms with Gasteiger partial charge in [-0.25, -0.2) is 9.55 Å². The van der Waals surface area contributed by atoms with E-state index in [4.69, 9.17) is 0 Å². The number of aromatic nitrogens is 4. The molecule has 0 aliphatic carbocycles. The Morgan fingerprint density at radius 1 is 1.43 bits per heavy atom. The molecule has 0 aromatic carbocycles. The van der Waals surface area contributed by atoms with Crippen LogP contribution in [0.25, 0.3) is 11.2 Å². The molecule has 0 saturated carbocycles. The van der Waals surface area contributed by atoms with Gasteiger partial charge in [0.15, 0.2) is 12.7 Å². The minimum absolute atomic E-state index is 0.411. The summed E-state index contributed by atoms with van der Waals surface area (Å²) in [6.45, 7) is 4.27. The predicted octanol–water partition coefficient (Wildman–Crippen LogP) is 1.55. The van der Waals surface area contributed by atoms with Crippen LogP contribution in [0.15, 0.2) is 17.7 Å². The van der Waals surface area contributed by atoms with Crippen LogP contribution in [0.3, 0.4) is 0 Å². The van der Waals surface area contributed by atoms with Gasteiger partial charge >= 0.3 is 5.65 Å². The Morgan fingerprint density at radius 3 is 2.86 bits per heavy atom. The van der Waals surface area contributed by atoms with E-state index in [2.05, 4.69) is 33.4 Å². The molecular formula is C9H13N4S+. The van der Waals surface area contributed by atoms with Gasteiger partial charge in [-0.2, -0.15) is 0 Å². The number of rotatable bonds is 2. The van der Waals surface area contributed by atoms with Crippen LogP contribution < -0.4 is 4.57 Å². The van der Waals surface area contributed by atoms with Gasteiger partial charge in [0, 0.05) is 0 Å². The summed E-state index contributed by atoms with van der Waals surface area (Å²) in [5, 5.41) is 0.995. The lowest BCUT2D eigenvalue weighted by atomic mass is 10.4. The van der Waals surface area contributed by atoms with Crippen molar-refractivity contribution in [2.24, 2.45) is 0 Å². The first-order valence-electron chi connectivity index (χ1n) is 4.51.